The molecule has 1 aromatic rings. The molecule has 24 heavy (non-hydrogen) atoms. The predicted octanol–water partition coefficient (Wildman–Crippen LogP) is 3.09. The van der Waals surface area contributed by atoms with E-state index in [1.165, 1.54) is 7.11 Å². The molecule has 0 N–H and O–H groups in total. The molecule has 0 aliphatic carbocycles. The SMILES string of the molecule is [C-]#[N+]c1ccc(N(C)[C@@H]2CCN(C(=O)OC(C)(C)C)C2)nc1OC. The summed E-state index contributed by atoms with van der Waals surface area (Å²) in [4.78, 5) is 23.7. The van der Waals surface area contributed by atoms with Gasteiger partial charge in [0.1, 0.15) is 11.4 Å². The van der Waals surface area contributed by atoms with E-state index in [1.807, 2.05) is 32.7 Å². The maximum atomic E-state index is 12.2. The van der Waals surface area contributed by atoms with Crippen molar-refractivity contribution < 1.29 is 14.3 Å². The van der Waals surface area contributed by atoms with Crippen LogP contribution in [0.15, 0.2) is 12.1 Å². The summed E-state index contributed by atoms with van der Waals surface area (Å²) < 4.78 is 10.6. The number of carbonyl (C=O) groups excluding carboxylic acids is 1. The van der Waals surface area contributed by atoms with Crippen molar-refractivity contribution in [3.8, 4) is 5.88 Å². The summed E-state index contributed by atoms with van der Waals surface area (Å²) in [5, 5.41) is 0. The Morgan fingerprint density at radius 2 is 2.17 bits per heavy atom. The Kier molecular flexibility index (Phi) is 5.17. The Morgan fingerprint density at radius 3 is 2.75 bits per heavy atom. The van der Waals surface area contributed by atoms with E-state index < -0.39 is 5.60 Å². The standard InChI is InChI=1S/C17H24N4O3/c1-17(2,3)24-16(22)21-10-9-12(11-21)20(5)14-8-7-13(18-4)15(19-14)23-6/h7-8,12H,9-11H2,1-3,5-6H3/t12-/m1/s1. The first-order valence-corrected chi connectivity index (χ1v) is 7.88. The molecule has 1 saturated heterocycles. The molecule has 0 spiro atoms. The molecule has 7 heteroatoms. The molecule has 0 aromatic carbocycles. The maximum absolute atomic E-state index is 12.2. The fourth-order valence-corrected chi connectivity index (χ4v) is 2.59. The van der Waals surface area contributed by atoms with Gasteiger partial charge in [-0.3, -0.25) is 0 Å². The fourth-order valence-electron chi connectivity index (χ4n) is 2.59. The van der Waals surface area contributed by atoms with Gasteiger partial charge in [-0.25, -0.2) is 14.6 Å². The Labute approximate surface area is 143 Å². The number of rotatable bonds is 3. The summed E-state index contributed by atoms with van der Waals surface area (Å²) in [7, 11) is 3.43. The molecule has 1 aromatic heterocycles. The van der Waals surface area contributed by atoms with Crippen molar-refractivity contribution in [1.82, 2.24) is 9.88 Å². The van der Waals surface area contributed by atoms with Gasteiger partial charge in [0, 0.05) is 26.2 Å². The van der Waals surface area contributed by atoms with Crippen LogP contribution >= 0.6 is 0 Å². The van der Waals surface area contributed by atoms with E-state index >= 15 is 0 Å². The quantitative estimate of drug-likeness (QED) is 0.796. The second kappa shape index (κ2) is 6.95. The summed E-state index contributed by atoms with van der Waals surface area (Å²) in [6, 6.07) is 3.64. The maximum Gasteiger partial charge on any atom is 0.410 e. The van der Waals surface area contributed by atoms with Gasteiger partial charge in [-0.15, -0.1) is 0 Å². The zero-order valence-electron chi connectivity index (χ0n) is 14.9. The molecule has 130 valence electrons. The van der Waals surface area contributed by atoms with Gasteiger partial charge in [0.05, 0.1) is 13.7 Å². The minimum Gasteiger partial charge on any atom is -0.490 e. The lowest BCUT2D eigenvalue weighted by Crippen LogP contribution is -2.39. The van der Waals surface area contributed by atoms with Gasteiger partial charge >= 0.3 is 6.09 Å². The largest absolute Gasteiger partial charge is 0.490 e. The number of ether oxygens (including phenoxy) is 2. The zero-order valence-corrected chi connectivity index (χ0v) is 14.9. The molecule has 0 unspecified atom stereocenters. The van der Waals surface area contributed by atoms with Crippen molar-refractivity contribution in [2.75, 3.05) is 32.1 Å². The second-order valence-electron chi connectivity index (χ2n) is 6.79. The number of likely N-dealkylation sites (tertiary alicyclic amines) is 1. The number of carbonyl (C=O) groups is 1. The Hall–Kier alpha value is -2.49. The van der Waals surface area contributed by atoms with E-state index in [0.29, 0.717) is 24.7 Å². The third-order valence-electron chi connectivity index (χ3n) is 3.86. The van der Waals surface area contributed by atoms with E-state index in [1.54, 1.807) is 17.0 Å². The molecule has 1 aliphatic rings. The van der Waals surface area contributed by atoms with E-state index in [0.717, 1.165) is 12.2 Å². The highest BCUT2D eigenvalue weighted by molar-refractivity contribution is 5.69. The monoisotopic (exact) mass is 332 g/mol. The Morgan fingerprint density at radius 1 is 1.46 bits per heavy atom. The van der Waals surface area contributed by atoms with Crippen LogP contribution in [0.1, 0.15) is 27.2 Å². The van der Waals surface area contributed by atoms with E-state index in [9.17, 15) is 4.79 Å². The number of amides is 1. The number of methoxy groups -OCH3 is 1. The number of anilines is 1. The molecule has 1 atom stereocenters. The molecule has 2 rings (SSSR count). The van der Waals surface area contributed by atoms with Crippen molar-refractivity contribution in [3.63, 3.8) is 0 Å². The molecule has 0 saturated carbocycles. The van der Waals surface area contributed by atoms with Crippen LogP contribution in [-0.4, -0.2) is 54.9 Å². The first kappa shape index (κ1) is 17.9. The van der Waals surface area contributed by atoms with Gasteiger partial charge in [-0.2, -0.15) is 0 Å². The van der Waals surface area contributed by atoms with Gasteiger partial charge < -0.3 is 19.3 Å². The van der Waals surface area contributed by atoms with Gasteiger partial charge in [0.15, 0.2) is 0 Å². The minimum absolute atomic E-state index is 0.147. The van der Waals surface area contributed by atoms with Gasteiger partial charge in [-0.05, 0) is 39.3 Å². The van der Waals surface area contributed by atoms with Crippen LogP contribution in [0.25, 0.3) is 4.85 Å². The normalized spacial score (nSPS) is 17.3. The van der Waals surface area contributed by atoms with Gasteiger partial charge in [0.2, 0.25) is 11.6 Å². The molecule has 1 fully saturated rings. The van der Waals surface area contributed by atoms with E-state index in [-0.39, 0.29) is 12.1 Å². The average molecular weight is 332 g/mol. The van der Waals surface area contributed by atoms with E-state index in [2.05, 4.69) is 9.83 Å². The molecule has 0 radical (unpaired) electrons. The number of nitrogens with zero attached hydrogens (tertiary/aromatic N) is 4. The molecule has 1 aliphatic heterocycles. The lowest BCUT2D eigenvalue weighted by molar-refractivity contribution is 0.0292. The molecule has 7 nitrogen and oxygen atoms in total. The molecule has 2 heterocycles. The summed E-state index contributed by atoms with van der Waals surface area (Å²) in [6.07, 6.45) is 0.553. The van der Waals surface area contributed by atoms with Crippen LogP contribution in [0, 0.1) is 6.57 Å². The van der Waals surface area contributed by atoms with Crippen LogP contribution in [0.2, 0.25) is 0 Å². The first-order valence-electron chi connectivity index (χ1n) is 7.88. The summed E-state index contributed by atoms with van der Waals surface area (Å²) in [5.74, 6) is 1.03. The van der Waals surface area contributed by atoms with Crippen molar-refractivity contribution in [2.24, 2.45) is 0 Å². The molecular weight excluding hydrogens is 308 g/mol. The van der Waals surface area contributed by atoms with Gasteiger partial charge in [0.25, 0.3) is 0 Å². The van der Waals surface area contributed by atoms with Crippen molar-refractivity contribution in [1.29, 1.82) is 0 Å². The highest BCUT2D eigenvalue weighted by atomic mass is 16.6. The van der Waals surface area contributed by atoms with Gasteiger partial charge in [-0.1, -0.05) is 0 Å². The average Bonchev–Trinajstić information content (AvgIpc) is 3.02. The predicted molar refractivity (Wildman–Crippen MR) is 91.7 cm³/mol. The van der Waals surface area contributed by atoms with Crippen molar-refractivity contribution in [3.05, 3.63) is 23.5 Å². The molecule has 1 amide bonds. The second-order valence-corrected chi connectivity index (χ2v) is 6.79. The summed E-state index contributed by atoms with van der Waals surface area (Å²) in [6.45, 7) is 13.9. The lowest BCUT2D eigenvalue weighted by atomic mass is 10.2. The minimum atomic E-state index is -0.494. The van der Waals surface area contributed by atoms with Crippen LogP contribution in [0.5, 0.6) is 5.88 Å². The first-order chi connectivity index (χ1) is 11.2. The topological polar surface area (TPSA) is 59.3 Å². The number of aromatic nitrogens is 1. The molecular formula is C17H24N4O3. The summed E-state index contributed by atoms with van der Waals surface area (Å²) >= 11 is 0. The number of pyridine rings is 1. The van der Waals surface area contributed by atoms with E-state index in [4.69, 9.17) is 16.0 Å². The number of hydrogen-bond acceptors (Lipinski definition) is 5. The third kappa shape index (κ3) is 4.07. The Balaban J connectivity index is 2.06. The van der Waals surface area contributed by atoms with Crippen molar-refractivity contribution >= 4 is 17.6 Å². The zero-order chi connectivity index (χ0) is 17.9. The smallest absolute Gasteiger partial charge is 0.410 e. The van der Waals surface area contributed by atoms with Crippen LogP contribution < -0.4 is 9.64 Å². The van der Waals surface area contributed by atoms with Crippen LogP contribution in [0.3, 0.4) is 0 Å². The molecule has 0 bridgehead atoms. The summed E-state index contributed by atoms with van der Waals surface area (Å²) in [5.41, 5.74) is -0.109. The van der Waals surface area contributed by atoms with Crippen molar-refractivity contribution in [2.45, 2.75) is 38.8 Å². The lowest BCUT2D eigenvalue weighted by Gasteiger charge is -2.27. The van der Waals surface area contributed by atoms with Crippen LogP contribution in [0.4, 0.5) is 16.3 Å². The number of hydrogen-bond donors (Lipinski definition) is 0. The highest BCUT2D eigenvalue weighted by Gasteiger charge is 2.32. The Bertz CT molecular complexity index is 648. The number of likely N-dealkylation sites (N-methyl/N-ethyl adjacent to an activating group) is 1. The van der Waals surface area contributed by atoms with Crippen LogP contribution in [-0.2, 0) is 4.74 Å². The fraction of sp³-hybridized carbons (Fsp3) is 0.588. The highest BCUT2D eigenvalue weighted by Crippen LogP contribution is 2.29. The third-order valence-corrected chi connectivity index (χ3v) is 3.86.